The zero-order chi connectivity index (χ0) is 22.5. The predicted molar refractivity (Wildman–Crippen MR) is 121 cm³/mol. The maximum atomic E-state index is 12.3. The van der Waals surface area contributed by atoms with Crippen molar-refractivity contribution in [2.45, 2.75) is 4.90 Å². The highest BCUT2D eigenvalue weighted by Crippen LogP contribution is 2.28. The summed E-state index contributed by atoms with van der Waals surface area (Å²) in [6, 6.07) is 18.8. The van der Waals surface area contributed by atoms with E-state index in [4.69, 9.17) is 13.9 Å². The van der Waals surface area contributed by atoms with Gasteiger partial charge in [-0.1, -0.05) is 12.1 Å². The van der Waals surface area contributed by atoms with Crippen LogP contribution in [-0.2, 0) is 0 Å². The minimum Gasteiger partial charge on any atom is -0.497 e. The molecule has 0 aliphatic carbocycles. The fourth-order valence-corrected chi connectivity index (χ4v) is 3.53. The lowest BCUT2D eigenvalue weighted by atomic mass is 10.2. The van der Waals surface area contributed by atoms with Crippen LogP contribution in [0, 0.1) is 0 Å². The summed E-state index contributed by atoms with van der Waals surface area (Å²) in [5.41, 5.74) is 2.36. The molecule has 3 amide bonds. The number of benzene rings is 3. The molecule has 1 heterocycles. The summed E-state index contributed by atoms with van der Waals surface area (Å²) in [5.74, 6) is 1.06. The van der Waals surface area contributed by atoms with Crippen molar-refractivity contribution in [3.05, 3.63) is 72.3 Å². The van der Waals surface area contributed by atoms with Gasteiger partial charge in [0.25, 0.3) is 5.91 Å². The number of oxazole rings is 1. The number of carbonyl (C=O) groups excluding carboxylic acids is 2. The summed E-state index contributed by atoms with van der Waals surface area (Å²) in [5, 5.41) is 2.28. The SMILES string of the molecule is COc1ccc(-c2nc3cc(SNC(=O)NC(=O)c4ccccc4OC)ccc3o2)cc1. The number of methoxy groups -OCH3 is 2. The van der Waals surface area contributed by atoms with Crippen molar-refractivity contribution in [2.75, 3.05) is 14.2 Å². The van der Waals surface area contributed by atoms with E-state index in [1.54, 1.807) is 49.6 Å². The average Bonchev–Trinajstić information content (AvgIpc) is 3.26. The molecule has 4 rings (SSSR count). The molecule has 9 heteroatoms. The summed E-state index contributed by atoms with van der Waals surface area (Å²) in [6.07, 6.45) is 0. The number of carbonyl (C=O) groups is 2. The highest BCUT2D eigenvalue weighted by Gasteiger charge is 2.15. The first-order valence-electron chi connectivity index (χ1n) is 9.53. The monoisotopic (exact) mass is 449 g/mol. The van der Waals surface area contributed by atoms with E-state index in [1.165, 1.54) is 7.11 Å². The molecular formula is C23H19N3O5S. The Labute approximate surface area is 188 Å². The van der Waals surface area contributed by atoms with Crippen LogP contribution in [0.3, 0.4) is 0 Å². The Hall–Kier alpha value is -3.98. The number of amides is 3. The molecule has 0 saturated carbocycles. The summed E-state index contributed by atoms with van der Waals surface area (Å²) >= 11 is 1.06. The summed E-state index contributed by atoms with van der Waals surface area (Å²) in [6.45, 7) is 0. The van der Waals surface area contributed by atoms with Gasteiger partial charge >= 0.3 is 6.03 Å². The van der Waals surface area contributed by atoms with Crippen molar-refractivity contribution >= 4 is 35.0 Å². The molecular weight excluding hydrogens is 430 g/mol. The number of rotatable bonds is 6. The number of ether oxygens (including phenoxy) is 2. The third kappa shape index (κ3) is 4.68. The number of nitrogens with one attached hydrogen (secondary N) is 2. The van der Waals surface area contributed by atoms with E-state index in [0.717, 1.165) is 28.2 Å². The second kappa shape index (κ2) is 9.44. The van der Waals surface area contributed by atoms with Gasteiger partial charge in [-0.05, 0) is 66.5 Å². The number of hydrogen-bond donors (Lipinski definition) is 2. The normalized spacial score (nSPS) is 10.6. The second-order valence-electron chi connectivity index (χ2n) is 6.56. The van der Waals surface area contributed by atoms with E-state index in [1.807, 2.05) is 24.3 Å². The van der Waals surface area contributed by atoms with Crippen molar-refractivity contribution in [3.63, 3.8) is 0 Å². The lowest BCUT2D eigenvalue weighted by Crippen LogP contribution is -2.36. The molecule has 0 spiro atoms. The van der Waals surface area contributed by atoms with Crippen molar-refractivity contribution in [2.24, 2.45) is 0 Å². The van der Waals surface area contributed by atoms with E-state index in [0.29, 0.717) is 22.7 Å². The number of hydrogen-bond acceptors (Lipinski definition) is 7. The van der Waals surface area contributed by atoms with Gasteiger partial charge in [-0.2, -0.15) is 0 Å². The van der Waals surface area contributed by atoms with E-state index in [-0.39, 0.29) is 5.56 Å². The Bertz CT molecular complexity index is 1270. The zero-order valence-electron chi connectivity index (χ0n) is 17.2. The van der Waals surface area contributed by atoms with Crippen LogP contribution in [0.15, 0.2) is 76.0 Å². The molecule has 0 aliphatic rings. The van der Waals surface area contributed by atoms with Crippen LogP contribution in [0.25, 0.3) is 22.6 Å². The Kier molecular flexibility index (Phi) is 6.27. The maximum absolute atomic E-state index is 12.3. The molecule has 3 aromatic carbocycles. The van der Waals surface area contributed by atoms with Crippen LogP contribution in [0.2, 0.25) is 0 Å². The van der Waals surface area contributed by atoms with Crippen LogP contribution in [0.5, 0.6) is 11.5 Å². The zero-order valence-corrected chi connectivity index (χ0v) is 18.1. The number of nitrogens with zero attached hydrogens (tertiary/aromatic N) is 1. The first-order valence-corrected chi connectivity index (χ1v) is 10.3. The minimum absolute atomic E-state index is 0.269. The number of imide groups is 1. The van der Waals surface area contributed by atoms with Gasteiger partial charge in [0.05, 0.1) is 19.8 Å². The molecule has 32 heavy (non-hydrogen) atoms. The highest BCUT2D eigenvalue weighted by atomic mass is 32.2. The third-order valence-corrected chi connectivity index (χ3v) is 5.31. The van der Waals surface area contributed by atoms with Crippen LogP contribution < -0.4 is 19.5 Å². The summed E-state index contributed by atoms with van der Waals surface area (Å²) < 4.78 is 18.7. The van der Waals surface area contributed by atoms with E-state index in [9.17, 15) is 9.59 Å². The molecule has 0 aliphatic heterocycles. The standard InChI is InChI=1S/C23H19N3O5S/c1-29-15-9-7-14(8-10-15)22-24-18-13-16(11-12-20(18)31-22)32-26-23(28)25-21(27)17-5-3-4-6-19(17)30-2/h3-13H,1-2H3,(H2,25,26,27,28). The van der Waals surface area contributed by atoms with Gasteiger partial charge in [-0.3, -0.25) is 14.8 Å². The lowest BCUT2D eigenvalue weighted by Gasteiger charge is -2.09. The topological polar surface area (TPSA) is 103 Å². The third-order valence-electron chi connectivity index (χ3n) is 4.54. The second-order valence-corrected chi connectivity index (χ2v) is 7.44. The Morgan fingerprint density at radius 2 is 1.75 bits per heavy atom. The Morgan fingerprint density at radius 3 is 2.50 bits per heavy atom. The fraction of sp³-hybridized carbons (Fsp3) is 0.0870. The molecule has 162 valence electrons. The summed E-state index contributed by atoms with van der Waals surface area (Å²) in [4.78, 5) is 29.7. The van der Waals surface area contributed by atoms with E-state index < -0.39 is 11.9 Å². The lowest BCUT2D eigenvalue weighted by molar-refractivity contribution is 0.0962. The molecule has 0 unspecified atom stereocenters. The van der Waals surface area contributed by atoms with Gasteiger partial charge in [0, 0.05) is 10.5 Å². The van der Waals surface area contributed by atoms with Gasteiger partial charge in [-0.25, -0.2) is 9.78 Å². The smallest absolute Gasteiger partial charge is 0.331 e. The van der Waals surface area contributed by atoms with Gasteiger partial charge in [0.1, 0.15) is 17.0 Å². The van der Waals surface area contributed by atoms with Crippen LogP contribution in [0.1, 0.15) is 10.4 Å². The molecule has 0 bridgehead atoms. The van der Waals surface area contributed by atoms with Gasteiger partial charge in [-0.15, -0.1) is 0 Å². The highest BCUT2D eigenvalue weighted by molar-refractivity contribution is 7.98. The average molecular weight is 449 g/mol. The van der Waals surface area contributed by atoms with Gasteiger partial charge in [0.15, 0.2) is 5.58 Å². The maximum Gasteiger partial charge on any atom is 0.331 e. The van der Waals surface area contributed by atoms with E-state index >= 15 is 0 Å². The number of fused-ring (bicyclic) bond motifs is 1. The molecule has 8 nitrogen and oxygen atoms in total. The molecule has 4 aromatic rings. The summed E-state index contributed by atoms with van der Waals surface area (Å²) in [7, 11) is 3.07. The molecule has 0 atom stereocenters. The van der Waals surface area contributed by atoms with Crippen molar-refractivity contribution in [1.29, 1.82) is 0 Å². The fourth-order valence-electron chi connectivity index (χ4n) is 2.96. The Morgan fingerprint density at radius 1 is 0.969 bits per heavy atom. The van der Waals surface area contributed by atoms with Crippen molar-refractivity contribution in [3.8, 4) is 23.0 Å². The largest absolute Gasteiger partial charge is 0.497 e. The van der Waals surface area contributed by atoms with Gasteiger partial charge in [0.2, 0.25) is 5.89 Å². The molecule has 1 aromatic heterocycles. The van der Waals surface area contributed by atoms with Gasteiger partial charge < -0.3 is 13.9 Å². The van der Waals surface area contributed by atoms with Crippen LogP contribution >= 0.6 is 11.9 Å². The van der Waals surface area contributed by atoms with Crippen LogP contribution in [0.4, 0.5) is 4.79 Å². The first-order chi connectivity index (χ1) is 15.6. The van der Waals surface area contributed by atoms with Crippen molar-refractivity contribution in [1.82, 2.24) is 15.0 Å². The Balaban J connectivity index is 1.40. The minimum atomic E-state index is -0.648. The first kappa shape index (κ1) is 21.3. The van der Waals surface area contributed by atoms with Crippen LogP contribution in [-0.4, -0.2) is 31.1 Å². The van der Waals surface area contributed by atoms with Crippen molar-refractivity contribution < 1.29 is 23.5 Å². The molecule has 2 N–H and O–H groups in total. The molecule has 0 radical (unpaired) electrons. The number of urea groups is 1. The molecule has 0 saturated heterocycles. The predicted octanol–water partition coefficient (Wildman–Crippen LogP) is 4.66. The quantitative estimate of drug-likeness (QED) is 0.413. The number of para-hydroxylation sites is 1. The number of aromatic nitrogens is 1. The van der Waals surface area contributed by atoms with E-state index in [2.05, 4.69) is 15.0 Å². The molecule has 0 fully saturated rings.